The van der Waals surface area contributed by atoms with Gasteiger partial charge in [0.2, 0.25) is 10.0 Å². The highest BCUT2D eigenvalue weighted by Gasteiger charge is 2.31. The van der Waals surface area contributed by atoms with Gasteiger partial charge >= 0.3 is 0 Å². The lowest BCUT2D eigenvalue weighted by Gasteiger charge is -2.32. The highest BCUT2D eigenvalue weighted by atomic mass is 32.2. The Bertz CT molecular complexity index is 844. The largest absolute Gasteiger partial charge is 0.384 e. The van der Waals surface area contributed by atoms with Crippen molar-refractivity contribution >= 4 is 10.0 Å². The van der Waals surface area contributed by atoms with Crippen molar-refractivity contribution in [2.45, 2.75) is 30.2 Å². The molecule has 1 aliphatic heterocycles. The van der Waals surface area contributed by atoms with Crippen LogP contribution in [0.2, 0.25) is 0 Å². The molecule has 26 heavy (non-hydrogen) atoms. The molecule has 1 aliphatic rings. The molecule has 2 heterocycles. The second-order valence-electron chi connectivity index (χ2n) is 6.14. The lowest BCUT2D eigenvalue weighted by Crippen LogP contribution is -2.39. The standard InChI is InChI=1S/C16H20F2N4O3S/c1-25-7-4-16-20-19-11-22(16)14-2-5-21(6-3-14)26(23,24)15-9-12(17)8-13(18)10-15/h8-11,14H,2-7H2,1H3. The van der Waals surface area contributed by atoms with Crippen LogP contribution in [0.5, 0.6) is 0 Å². The fraction of sp³-hybridized carbons (Fsp3) is 0.500. The highest BCUT2D eigenvalue weighted by molar-refractivity contribution is 7.89. The molecule has 0 aliphatic carbocycles. The summed E-state index contributed by atoms with van der Waals surface area (Å²) in [4.78, 5) is -0.362. The number of nitrogens with zero attached hydrogens (tertiary/aromatic N) is 4. The van der Waals surface area contributed by atoms with Crippen LogP contribution in [0.15, 0.2) is 29.4 Å². The number of benzene rings is 1. The van der Waals surface area contributed by atoms with Gasteiger partial charge in [-0.15, -0.1) is 10.2 Å². The number of ether oxygens (including phenoxy) is 1. The topological polar surface area (TPSA) is 77.3 Å². The summed E-state index contributed by atoms with van der Waals surface area (Å²) >= 11 is 0. The number of rotatable bonds is 6. The monoisotopic (exact) mass is 386 g/mol. The van der Waals surface area contributed by atoms with E-state index in [0.29, 0.717) is 31.9 Å². The maximum atomic E-state index is 13.4. The van der Waals surface area contributed by atoms with Gasteiger partial charge < -0.3 is 9.30 Å². The van der Waals surface area contributed by atoms with Crippen LogP contribution in [0.4, 0.5) is 8.78 Å². The van der Waals surface area contributed by atoms with Crippen LogP contribution < -0.4 is 0 Å². The molecule has 1 saturated heterocycles. The van der Waals surface area contributed by atoms with E-state index in [9.17, 15) is 17.2 Å². The van der Waals surface area contributed by atoms with Gasteiger partial charge in [-0.25, -0.2) is 17.2 Å². The van der Waals surface area contributed by atoms with E-state index in [2.05, 4.69) is 10.2 Å². The molecule has 0 atom stereocenters. The van der Waals surface area contributed by atoms with Crippen molar-refractivity contribution < 1.29 is 21.9 Å². The fourth-order valence-electron chi connectivity index (χ4n) is 3.13. The van der Waals surface area contributed by atoms with E-state index in [0.717, 1.165) is 18.0 Å². The zero-order valence-electron chi connectivity index (χ0n) is 14.3. The Kier molecular flexibility index (Phi) is 5.64. The van der Waals surface area contributed by atoms with E-state index in [1.807, 2.05) is 4.57 Å². The van der Waals surface area contributed by atoms with E-state index >= 15 is 0 Å². The summed E-state index contributed by atoms with van der Waals surface area (Å²) in [5, 5.41) is 8.01. The van der Waals surface area contributed by atoms with Gasteiger partial charge in [-0.2, -0.15) is 4.31 Å². The first-order valence-corrected chi connectivity index (χ1v) is 9.69. The Morgan fingerprint density at radius 2 is 1.85 bits per heavy atom. The first-order valence-electron chi connectivity index (χ1n) is 8.25. The van der Waals surface area contributed by atoms with Crippen molar-refractivity contribution in [2.75, 3.05) is 26.8 Å². The van der Waals surface area contributed by atoms with Gasteiger partial charge in [-0.1, -0.05) is 0 Å². The molecule has 0 saturated carbocycles. The number of methoxy groups -OCH3 is 1. The van der Waals surface area contributed by atoms with Gasteiger partial charge in [0, 0.05) is 38.7 Å². The summed E-state index contributed by atoms with van der Waals surface area (Å²) in [5.74, 6) is -1.03. The molecule has 1 aromatic carbocycles. The smallest absolute Gasteiger partial charge is 0.243 e. The average molecular weight is 386 g/mol. The highest BCUT2D eigenvalue weighted by Crippen LogP contribution is 2.28. The van der Waals surface area contributed by atoms with Crippen molar-refractivity contribution in [1.82, 2.24) is 19.1 Å². The molecule has 142 valence electrons. The number of hydrogen-bond donors (Lipinski definition) is 0. The van der Waals surface area contributed by atoms with E-state index < -0.39 is 21.7 Å². The van der Waals surface area contributed by atoms with Crippen molar-refractivity contribution in [2.24, 2.45) is 0 Å². The first kappa shape index (κ1) is 18.9. The Labute approximate surface area is 150 Å². The molecule has 0 unspecified atom stereocenters. The summed E-state index contributed by atoms with van der Waals surface area (Å²) in [7, 11) is -2.32. The molecule has 0 radical (unpaired) electrons. The minimum absolute atomic E-state index is 0.0764. The number of sulfonamides is 1. The summed E-state index contributed by atoms with van der Waals surface area (Å²) < 4.78 is 60.3. The van der Waals surface area contributed by atoms with Crippen LogP contribution in [-0.2, 0) is 21.2 Å². The molecular formula is C16H20F2N4O3S. The molecule has 0 N–H and O–H groups in total. The summed E-state index contributed by atoms with van der Waals surface area (Å²) in [6, 6.07) is 2.41. The second-order valence-corrected chi connectivity index (χ2v) is 8.08. The minimum Gasteiger partial charge on any atom is -0.384 e. The van der Waals surface area contributed by atoms with Crippen LogP contribution in [0.3, 0.4) is 0 Å². The van der Waals surface area contributed by atoms with E-state index in [-0.39, 0.29) is 24.0 Å². The zero-order chi connectivity index (χ0) is 18.7. The van der Waals surface area contributed by atoms with Crippen LogP contribution in [0.25, 0.3) is 0 Å². The molecular weight excluding hydrogens is 366 g/mol. The lowest BCUT2D eigenvalue weighted by atomic mass is 10.1. The average Bonchev–Trinajstić information content (AvgIpc) is 3.07. The molecule has 3 rings (SSSR count). The van der Waals surface area contributed by atoms with Gasteiger partial charge in [0.15, 0.2) is 0 Å². The first-order chi connectivity index (χ1) is 12.4. The predicted octanol–water partition coefficient (Wildman–Crippen LogP) is 1.77. The van der Waals surface area contributed by atoms with Crippen LogP contribution >= 0.6 is 0 Å². The van der Waals surface area contributed by atoms with E-state index in [1.54, 1.807) is 13.4 Å². The maximum absolute atomic E-state index is 13.4. The number of piperidine rings is 1. The molecule has 0 bridgehead atoms. The Morgan fingerprint density at radius 3 is 2.46 bits per heavy atom. The van der Waals surface area contributed by atoms with Gasteiger partial charge in [0.05, 0.1) is 11.5 Å². The van der Waals surface area contributed by atoms with Crippen LogP contribution in [0, 0.1) is 11.6 Å². The van der Waals surface area contributed by atoms with Crippen molar-refractivity contribution in [1.29, 1.82) is 0 Å². The van der Waals surface area contributed by atoms with Gasteiger partial charge in [-0.3, -0.25) is 0 Å². The third-order valence-electron chi connectivity index (χ3n) is 4.47. The molecule has 1 aromatic heterocycles. The SMILES string of the molecule is COCCc1nncn1C1CCN(S(=O)(=O)c2cc(F)cc(F)c2)CC1. The van der Waals surface area contributed by atoms with Gasteiger partial charge in [-0.05, 0) is 25.0 Å². The minimum atomic E-state index is -3.93. The molecule has 0 amide bonds. The summed E-state index contributed by atoms with van der Waals surface area (Å²) in [6.45, 7) is 1.04. The zero-order valence-corrected chi connectivity index (χ0v) is 15.1. The molecule has 10 heteroatoms. The van der Waals surface area contributed by atoms with Crippen molar-refractivity contribution in [3.05, 3.63) is 42.0 Å². The molecule has 0 spiro atoms. The second kappa shape index (κ2) is 7.77. The Morgan fingerprint density at radius 1 is 1.19 bits per heavy atom. The van der Waals surface area contributed by atoms with Gasteiger partial charge in [0.25, 0.3) is 0 Å². The summed E-state index contributed by atoms with van der Waals surface area (Å²) in [6.07, 6.45) is 3.39. The molecule has 2 aromatic rings. The fourth-order valence-corrected chi connectivity index (χ4v) is 4.64. The number of hydrogen-bond acceptors (Lipinski definition) is 5. The van der Waals surface area contributed by atoms with Gasteiger partial charge in [0.1, 0.15) is 23.8 Å². The normalized spacial score (nSPS) is 16.9. The van der Waals surface area contributed by atoms with Crippen LogP contribution in [-0.4, -0.2) is 54.3 Å². The Balaban J connectivity index is 1.71. The lowest BCUT2D eigenvalue weighted by molar-refractivity contribution is 0.197. The van der Waals surface area contributed by atoms with E-state index in [4.69, 9.17) is 4.74 Å². The molecule has 1 fully saturated rings. The Hall–Kier alpha value is -1.91. The quantitative estimate of drug-likeness (QED) is 0.756. The third kappa shape index (κ3) is 3.92. The predicted molar refractivity (Wildman–Crippen MR) is 89.0 cm³/mol. The van der Waals surface area contributed by atoms with Crippen molar-refractivity contribution in [3.63, 3.8) is 0 Å². The summed E-state index contributed by atoms with van der Waals surface area (Å²) in [5.41, 5.74) is 0. The number of halogens is 2. The van der Waals surface area contributed by atoms with E-state index in [1.165, 1.54) is 4.31 Å². The van der Waals surface area contributed by atoms with Crippen LogP contribution in [0.1, 0.15) is 24.7 Å². The molecule has 7 nitrogen and oxygen atoms in total. The van der Waals surface area contributed by atoms with Crippen molar-refractivity contribution in [3.8, 4) is 0 Å². The number of aromatic nitrogens is 3. The maximum Gasteiger partial charge on any atom is 0.243 e. The third-order valence-corrected chi connectivity index (χ3v) is 6.34.